The minimum absolute atomic E-state index is 0.349. The Balaban J connectivity index is 1.41. The molecule has 4 rings (SSSR count). The Morgan fingerprint density at radius 1 is 1.17 bits per heavy atom. The summed E-state index contributed by atoms with van der Waals surface area (Å²) in [6, 6.07) is 12.7. The maximum absolute atomic E-state index is 10.5. The van der Waals surface area contributed by atoms with Crippen LogP contribution in [0.5, 0.6) is 0 Å². The number of aromatic amines is 1. The second kappa shape index (κ2) is 6.48. The number of benzene rings is 1. The molecule has 1 fully saturated rings. The summed E-state index contributed by atoms with van der Waals surface area (Å²) in [5, 5.41) is 13.9. The van der Waals surface area contributed by atoms with Crippen molar-refractivity contribution in [2.75, 3.05) is 13.1 Å². The number of nitrogens with one attached hydrogen (secondary N) is 1. The number of hydrogen-bond acceptors (Lipinski definition) is 3. The molecule has 0 saturated carbocycles. The maximum atomic E-state index is 10.5. The number of piperidine rings is 1. The van der Waals surface area contributed by atoms with Crippen molar-refractivity contribution in [1.29, 1.82) is 0 Å². The summed E-state index contributed by atoms with van der Waals surface area (Å²) in [6.07, 6.45) is 4.80. The molecule has 1 saturated heterocycles. The van der Waals surface area contributed by atoms with Crippen LogP contribution in [0.2, 0.25) is 0 Å². The SMILES string of the molecule is OC(Cc1cccs1)N1CCC(c2c[nH]c3ccccc23)CC1. The van der Waals surface area contributed by atoms with Crippen LogP contribution in [0.4, 0.5) is 0 Å². The summed E-state index contributed by atoms with van der Waals surface area (Å²) >= 11 is 1.72. The van der Waals surface area contributed by atoms with Crippen molar-refractivity contribution in [3.05, 3.63) is 58.4 Å². The number of aromatic nitrogens is 1. The molecule has 120 valence electrons. The van der Waals surface area contributed by atoms with Crippen LogP contribution < -0.4 is 0 Å². The number of para-hydroxylation sites is 1. The minimum Gasteiger partial charge on any atom is -0.378 e. The number of H-pyrrole nitrogens is 1. The number of likely N-dealkylation sites (tertiary alicyclic amines) is 1. The van der Waals surface area contributed by atoms with Gasteiger partial charge in [-0.2, -0.15) is 0 Å². The highest BCUT2D eigenvalue weighted by atomic mass is 32.1. The van der Waals surface area contributed by atoms with E-state index >= 15 is 0 Å². The molecule has 2 N–H and O–H groups in total. The highest BCUT2D eigenvalue weighted by Crippen LogP contribution is 2.33. The van der Waals surface area contributed by atoms with Crippen molar-refractivity contribution in [2.45, 2.75) is 31.4 Å². The molecular formula is C19H22N2OS. The number of thiophene rings is 1. The Morgan fingerprint density at radius 2 is 2.00 bits per heavy atom. The second-order valence-electron chi connectivity index (χ2n) is 6.36. The van der Waals surface area contributed by atoms with Gasteiger partial charge in [-0.3, -0.25) is 4.90 Å². The van der Waals surface area contributed by atoms with Crippen molar-refractivity contribution in [2.24, 2.45) is 0 Å². The third-order valence-electron chi connectivity index (χ3n) is 4.98. The normalized spacial score (nSPS) is 18.5. The Labute approximate surface area is 140 Å². The first-order chi connectivity index (χ1) is 11.3. The number of fused-ring (bicyclic) bond motifs is 1. The lowest BCUT2D eigenvalue weighted by Crippen LogP contribution is -2.41. The van der Waals surface area contributed by atoms with Gasteiger partial charge in [0.2, 0.25) is 0 Å². The molecule has 1 unspecified atom stereocenters. The van der Waals surface area contributed by atoms with E-state index in [9.17, 15) is 5.11 Å². The van der Waals surface area contributed by atoms with Gasteiger partial charge in [-0.1, -0.05) is 24.3 Å². The summed E-state index contributed by atoms with van der Waals surface area (Å²) < 4.78 is 0. The van der Waals surface area contributed by atoms with Crippen LogP contribution in [-0.2, 0) is 6.42 Å². The Bertz CT molecular complexity index is 757. The van der Waals surface area contributed by atoms with E-state index in [2.05, 4.69) is 57.9 Å². The minimum atomic E-state index is -0.349. The topological polar surface area (TPSA) is 39.3 Å². The molecule has 23 heavy (non-hydrogen) atoms. The largest absolute Gasteiger partial charge is 0.378 e. The lowest BCUT2D eigenvalue weighted by molar-refractivity contribution is -0.00967. The molecule has 0 spiro atoms. The molecule has 1 aromatic carbocycles. The van der Waals surface area contributed by atoms with E-state index in [1.165, 1.54) is 21.3 Å². The molecule has 0 aliphatic carbocycles. The van der Waals surface area contributed by atoms with Crippen LogP contribution in [0.1, 0.15) is 29.2 Å². The summed E-state index contributed by atoms with van der Waals surface area (Å²) in [7, 11) is 0. The number of rotatable bonds is 4. The smallest absolute Gasteiger partial charge is 0.112 e. The van der Waals surface area contributed by atoms with Crippen LogP contribution in [0.25, 0.3) is 10.9 Å². The molecule has 1 aliphatic heterocycles. The fourth-order valence-electron chi connectivity index (χ4n) is 3.68. The fourth-order valence-corrected chi connectivity index (χ4v) is 4.41. The summed E-state index contributed by atoms with van der Waals surface area (Å²) in [5.74, 6) is 0.594. The van der Waals surface area contributed by atoms with Gasteiger partial charge in [0.15, 0.2) is 0 Å². The number of aliphatic hydroxyl groups excluding tert-OH is 1. The van der Waals surface area contributed by atoms with Gasteiger partial charge in [-0.25, -0.2) is 0 Å². The lowest BCUT2D eigenvalue weighted by atomic mass is 9.89. The Morgan fingerprint density at radius 3 is 2.78 bits per heavy atom. The average Bonchev–Trinajstić information content (AvgIpc) is 3.24. The number of nitrogens with zero attached hydrogens (tertiary/aromatic N) is 1. The lowest BCUT2D eigenvalue weighted by Gasteiger charge is -2.35. The van der Waals surface area contributed by atoms with E-state index in [4.69, 9.17) is 0 Å². The van der Waals surface area contributed by atoms with Crippen molar-refractivity contribution < 1.29 is 5.11 Å². The summed E-state index contributed by atoms with van der Waals surface area (Å²) in [5.41, 5.74) is 2.66. The van der Waals surface area contributed by atoms with Crippen LogP contribution in [0, 0.1) is 0 Å². The molecule has 0 amide bonds. The van der Waals surface area contributed by atoms with Crippen molar-refractivity contribution in [1.82, 2.24) is 9.88 Å². The van der Waals surface area contributed by atoms with Gasteiger partial charge in [-0.05, 0) is 41.8 Å². The maximum Gasteiger partial charge on any atom is 0.112 e. The van der Waals surface area contributed by atoms with Crippen molar-refractivity contribution in [3.63, 3.8) is 0 Å². The zero-order valence-corrected chi connectivity index (χ0v) is 13.9. The van der Waals surface area contributed by atoms with Gasteiger partial charge in [-0.15, -0.1) is 11.3 Å². The van der Waals surface area contributed by atoms with E-state index in [1.54, 1.807) is 11.3 Å². The molecule has 3 aromatic rings. The monoisotopic (exact) mass is 326 g/mol. The molecule has 3 heterocycles. The predicted octanol–water partition coefficient (Wildman–Crippen LogP) is 3.97. The van der Waals surface area contributed by atoms with E-state index < -0.39 is 0 Å². The van der Waals surface area contributed by atoms with Gasteiger partial charge < -0.3 is 10.1 Å². The van der Waals surface area contributed by atoms with Crippen molar-refractivity contribution >= 4 is 22.2 Å². The van der Waals surface area contributed by atoms with Crippen molar-refractivity contribution in [3.8, 4) is 0 Å². The van der Waals surface area contributed by atoms with Gasteiger partial charge in [0.1, 0.15) is 6.23 Å². The first-order valence-electron chi connectivity index (χ1n) is 8.32. The van der Waals surface area contributed by atoms with Gasteiger partial charge >= 0.3 is 0 Å². The first kappa shape index (κ1) is 14.9. The van der Waals surface area contributed by atoms with E-state index in [0.717, 1.165) is 32.4 Å². The standard InChI is InChI=1S/C19H22N2OS/c22-19(12-15-4-3-11-23-15)21-9-7-14(8-10-21)17-13-20-18-6-2-1-5-16(17)18/h1-6,11,13-14,19-20,22H,7-10,12H2. The molecule has 0 radical (unpaired) electrons. The van der Waals surface area contributed by atoms with E-state index in [0.29, 0.717) is 5.92 Å². The summed E-state index contributed by atoms with van der Waals surface area (Å²) in [6.45, 7) is 1.94. The third-order valence-corrected chi connectivity index (χ3v) is 5.87. The van der Waals surface area contributed by atoms with Crippen LogP contribution in [0.3, 0.4) is 0 Å². The molecule has 0 bridgehead atoms. The van der Waals surface area contributed by atoms with Gasteiger partial charge in [0, 0.05) is 41.5 Å². The Kier molecular flexibility index (Phi) is 4.21. The number of aliphatic hydroxyl groups is 1. The molecule has 4 heteroatoms. The van der Waals surface area contributed by atoms with E-state index in [1.807, 2.05) is 0 Å². The average molecular weight is 326 g/mol. The molecule has 2 aromatic heterocycles. The highest BCUT2D eigenvalue weighted by molar-refractivity contribution is 7.09. The first-order valence-corrected chi connectivity index (χ1v) is 9.20. The zero-order valence-electron chi connectivity index (χ0n) is 13.1. The molecule has 1 aliphatic rings. The highest BCUT2D eigenvalue weighted by Gasteiger charge is 2.26. The molecular weight excluding hydrogens is 304 g/mol. The van der Waals surface area contributed by atoms with Crippen LogP contribution in [0.15, 0.2) is 48.0 Å². The molecule has 1 atom stereocenters. The summed E-state index contributed by atoms with van der Waals surface area (Å²) in [4.78, 5) is 6.88. The third kappa shape index (κ3) is 3.07. The zero-order chi connectivity index (χ0) is 15.6. The van der Waals surface area contributed by atoms with Gasteiger partial charge in [0.05, 0.1) is 0 Å². The van der Waals surface area contributed by atoms with Crippen LogP contribution in [-0.4, -0.2) is 34.3 Å². The van der Waals surface area contributed by atoms with Crippen LogP contribution >= 0.6 is 11.3 Å². The van der Waals surface area contributed by atoms with E-state index in [-0.39, 0.29) is 6.23 Å². The molecule has 3 nitrogen and oxygen atoms in total. The number of hydrogen-bond donors (Lipinski definition) is 2. The van der Waals surface area contributed by atoms with Gasteiger partial charge in [0.25, 0.3) is 0 Å². The Hall–Kier alpha value is -1.62. The second-order valence-corrected chi connectivity index (χ2v) is 7.40. The predicted molar refractivity (Wildman–Crippen MR) is 95.9 cm³/mol. The fraction of sp³-hybridized carbons (Fsp3) is 0.368. The quantitative estimate of drug-likeness (QED) is 0.761.